The maximum absolute atomic E-state index is 12.1. The number of carbonyl (C=O) groups excluding carboxylic acids is 2. The van der Waals surface area contributed by atoms with E-state index >= 15 is 0 Å². The van der Waals surface area contributed by atoms with Gasteiger partial charge in [-0.05, 0) is 44.0 Å². The van der Waals surface area contributed by atoms with Crippen molar-refractivity contribution >= 4 is 40.9 Å². The van der Waals surface area contributed by atoms with Gasteiger partial charge < -0.3 is 14.8 Å². The zero-order valence-corrected chi connectivity index (χ0v) is 17.3. The summed E-state index contributed by atoms with van der Waals surface area (Å²) >= 11 is 7.44. The van der Waals surface area contributed by atoms with Crippen molar-refractivity contribution in [3.63, 3.8) is 0 Å². The van der Waals surface area contributed by atoms with Crippen LogP contribution in [0, 0.1) is 20.8 Å². The topological polar surface area (TPSA) is 64.6 Å². The number of carbonyl (C=O) groups is 2. The number of thioether (sulfide) groups is 1. The normalized spacial score (nSPS) is 10.4. The van der Waals surface area contributed by atoms with Gasteiger partial charge in [-0.15, -0.1) is 11.8 Å². The van der Waals surface area contributed by atoms with E-state index in [1.165, 1.54) is 18.9 Å². The van der Waals surface area contributed by atoms with Crippen molar-refractivity contribution < 1.29 is 19.1 Å². The van der Waals surface area contributed by atoms with Gasteiger partial charge in [-0.1, -0.05) is 29.3 Å². The molecule has 2 aromatic rings. The van der Waals surface area contributed by atoms with Crippen LogP contribution in [0.1, 0.15) is 16.7 Å². The van der Waals surface area contributed by atoms with Gasteiger partial charge in [0.15, 0.2) is 6.61 Å². The van der Waals surface area contributed by atoms with Gasteiger partial charge in [0.2, 0.25) is 0 Å². The predicted molar refractivity (Wildman–Crippen MR) is 109 cm³/mol. The number of halogens is 1. The summed E-state index contributed by atoms with van der Waals surface area (Å²) in [4.78, 5) is 25.0. The monoisotopic (exact) mass is 407 g/mol. The Hall–Kier alpha value is -2.18. The molecule has 0 saturated heterocycles. The lowest BCUT2D eigenvalue weighted by Gasteiger charge is -2.12. The highest BCUT2D eigenvalue weighted by atomic mass is 35.5. The molecule has 1 amide bonds. The Morgan fingerprint density at radius 1 is 1.11 bits per heavy atom. The molecule has 0 heterocycles. The molecule has 0 bridgehead atoms. The van der Waals surface area contributed by atoms with Gasteiger partial charge in [0, 0.05) is 16.0 Å². The van der Waals surface area contributed by atoms with E-state index in [9.17, 15) is 9.59 Å². The minimum absolute atomic E-state index is 0.140. The molecule has 0 unspecified atom stereocenters. The molecule has 5 nitrogen and oxygen atoms in total. The van der Waals surface area contributed by atoms with Crippen molar-refractivity contribution in [1.29, 1.82) is 0 Å². The van der Waals surface area contributed by atoms with E-state index in [-0.39, 0.29) is 12.4 Å². The molecule has 0 aliphatic carbocycles. The molecule has 0 spiro atoms. The lowest BCUT2D eigenvalue weighted by Crippen LogP contribution is -2.22. The van der Waals surface area contributed by atoms with Gasteiger partial charge in [0.1, 0.15) is 5.75 Å². The predicted octanol–water partition coefficient (Wildman–Crippen LogP) is 4.55. The highest BCUT2D eigenvalue weighted by Gasteiger charge is 2.13. The van der Waals surface area contributed by atoms with E-state index in [2.05, 4.69) is 5.32 Å². The summed E-state index contributed by atoms with van der Waals surface area (Å²) in [6, 6.07) is 9.39. The minimum atomic E-state index is -0.449. The summed E-state index contributed by atoms with van der Waals surface area (Å²) in [6.07, 6.45) is 0. The molecule has 0 aliphatic heterocycles. The molecule has 2 rings (SSSR count). The molecule has 7 heteroatoms. The van der Waals surface area contributed by atoms with E-state index in [1.54, 1.807) is 12.1 Å². The molecule has 0 atom stereocenters. The standard InChI is InChI=1S/C20H22ClNO4S/c1-12-5-6-13(2)18(7-12)27-11-20(24)26-10-19(23)22-16-8-14(3)15(21)9-17(16)25-4/h5-9H,10-11H2,1-4H3,(H,22,23). The molecule has 0 fully saturated rings. The second kappa shape index (κ2) is 9.67. The maximum Gasteiger partial charge on any atom is 0.316 e. The molecule has 0 aliphatic rings. The van der Waals surface area contributed by atoms with Crippen LogP contribution in [0.5, 0.6) is 5.75 Å². The van der Waals surface area contributed by atoms with Crippen LogP contribution < -0.4 is 10.1 Å². The first kappa shape index (κ1) is 21.1. The van der Waals surface area contributed by atoms with Crippen molar-refractivity contribution in [2.45, 2.75) is 25.7 Å². The number of nitrogens with one attached hydrogen (secondary N) is 1. The highest BCUT2D eigenvalue weighted by Crippen LogP contribution is 2.30. The number of rotatable bonds is 7. The van der Waals surface area contributed by atoms with Crippen LogP contribution in [0.2, 0.25) is 5.02 Å². The van der Waals surface area contributed by atoms with Crippen molar-refractivity contribution in [2.75, 3.05) is 24.8 Å². The number of methoxy groups -OCH3 is 1. The van der Waals surface area contributed by atoms with E-state index in [1.807, 2.05) is 39.0 Å². The highest BCUT2D eigenvalue weighted by molar-refractivity contribution is 8.00. The summed E-state index contributed by atoms with van der Waals surface area (Å²) in [5, 5.41) is 3.21. The first-order valence-electron chi connectivity index (χ1n) is 8.30. The zero-order chi connectivity index (χ0) is 20.0. The number of anilines is 1. The van der Waals surface area contributed by atoms with E-state index in [4.69, 9.17) is 21.1 Å². The van der Waals surface area contributed by atoms with Crippen LogP contribution >= 0.6 is 23.4 Å². The number of benzene rings is 2. The van der Waals surface area contributed by atoms with Gasteiger partial charge in [0.05, 0.1) is 18.6 Å². The van der Waals surface area contributed by atoms with Gasteiger partial charge in [-0.25, -0.2) is 0 Å². The van der Waals surface area contributed by atoms with Gasteiger partial charge in [-0.3, -0.25) is 9.59 Å². The van der Waals surface area contributed by atoms with Crippen LogP contribution in [-0.2, 0) is 14.3 Å². The lowest BCUT2D eigenvalue weighted by molar-refractivity contribution is -0.144. The molecule has 0 saturated carbocycles. The van der Waals surface area contributed by atoms with Crippen LogP contribution in [0.25, 0.3) is 0 Å². The first-order valence-corrected chi connectivity index (χ1v) is 9.66. The third-order valence-electron chi connectivity index (χ3n) is 3.81. The molecule has 2 aromatic carbocycles. The fourth-order valence-corrected chi connectivity index (χ4v) is 3.38. The maximum atomic E-state index is 12.1. The molecule has 144 valence electrons. The fourth-order valence-electron chi connectivity index (χ4n) is 2.30. The van der Waals surface area contributed by atoms with Crippen molar-refractivity contribution in [3.05, 3.63) is 52.0 Å². The molecule has 0 radical (unpaired) electrons. The quantitative estimate of drug-likeness (QED) is 0.539. The summed E-state index contributed by atoms with van der Waals surface area (Å²) < 4.78 is 10.3. The smallest absolute Gasteiger partial charge is 0.316 e. The summed E-state index contributed by atoms with van der Waals surface area (Å²) in [5.41, 5.74) is 3.50. The average Bonchev–Trinajstić information content (AvgIpc) is 2.63. The number of amides is 1. The van der Waals surface area contributed by atoms with Gasteiger partial charge >= 0.3 is 5.97 Å². The average molecular weight is 408 g/mol. The van der Waals surface area contributed by atoms with Crippen molar-refractivity contribution in [3.8, 4) is 5.75 Å². The van der Waals surface area contributed by atoms with Gasteiger partial charge in [0.25, 0.3) is 5.91 Å². The number of ether oxygens (including phenoxy) is 2. The number of hydrogen-bond donors (Lipinski definition) is 1. The lowest BCUT2D eigenvalue weighted by atomic mass is 10.2. The number of esters is 1. The molecular formula is C20H22ClNO4S. The minimum Gasteiger partial charge on any atom is -0.495 e. The molecule has 1 N–H and O–H groups in total. The van der Waals surface area contributed by atoms with Gasteiger partial charge in [-0.2, -0.15) is 0 Å². The number of hydrogen-bond acceptors (Lipinski definition) is 5. The molecular weight excluding hydrogens is 386 g/mol. The summed E-state index contributed by atoms with van der Waals surface area (Å²) in [6.45, 7) is 5.44. The Morgan fingerprint density at radius 3 is 2.56 bits per heavy atom. The SMILES string of the molecule is COc1cc(Cl)c(C)cc1NC(=O)COC(=O)CSc1cc(C)ccc1C. The van der Waals surface area contributed by atoms with Crippen LogP contribution in [-0.4, -0.2) is 31.3 Å². The van der Waals surface area contributed by atoms with Crippen LogP contribution in [0.3, 0.4) is 0 Å². The Labute approximate surface area is 168 Å². The zero-order valence-electron chi connectivity index (χ0n) is 15.7. The fraction of sp³-hybridized carbons (Fsp3) is 0.300. The second-order valence-electron chi connectivity index (χ2n) is 6.07. The summed E-state index contributed by atoms with van der Waals surface area (Å²) in [5.74, 6) is -0.313. The van der Waals surface area contributed by atoms with Crippen LogP contribution in [0.15, 0.2) is 35.2 Å². The third kappa shape index (κ3) is 6.19. The van der Waals surface area contributed by atoms with Crippen LogP contribution in [0.4, 0.5) is 5.69 Å². The second-order valence-corrected chi connectivity index (χ2v) is 7.49. The Balaban J connectivity index is 1.86. The van der Waals surface area contributed by atoms with Crippen molar-refractivity contribution in [2.24, 2.45) is 0 Å². The molecule has 27 heavy (non-hydrogen) atoms. The van der Waals surface area contributed by atoms with E-state index < -0.39 is 11.9 Å². The summed E-state index contributed by atoms with van der Waals surface area (Å²) in [7, 11) is 1.49. The number of aryl methyl sites for hydroxylation is 3. The van der Waals surface area contributed by atoms with E-state index in [0.29, 0.717) is 16.5 Å². The Kier molecular flexibility index (Phi) is 7.56. The Bertz CT molecular complexity index is 854. The van der Waals surface area contributed by atoms with E-state index in [0.717, 1.165) is 21.6 Å². The first-order chi connectivity index (χ1) is 12.8. The third-order valence-corrected chi connectivity index (χ3v) is 5.35. The largest absolute Gasteiger partial charge is 0.495 e. The molecule has 0 aromatic heterocycles. The van der Waals surface area contributed by atoms with Crippen molar-refractivity contribution in [1.82, 2.24) is 0 Å². The Morgan fingerprint density at radius 2 is 1.85 bits per heavy atom.